The van der Waals surface area contributed by atoms with Gasteiger partial charge in [-0.2, -0.15) is 0 Å². The Balaban J connectivity index is 2.19. The van der Waals surface area contributed by atoms with E-state index in [-0.39, 0.29) is 5.97 Å². The van der Waals surface area contributed by atoms with Crippen molar-refractivity contribution in [3.8, 4) is 0 Å². The second-order valence-corrected chi connectivity index (χ2v) is 5.34. The van der Waals surface area contributed by atoms with Crippen LogP contribution in [0, 0.1) is 0 Å². The SMILES string of the molecule is CCN(CC)C1CCN(c2cccc(C(=O)OC)c2N)C1. The van der Waals surface area contributed by atoms with Gasteiger partial charge in [-0.25, -0.2) is 4.79 Å². The highest BCUT2D eigenvalue weighted by Gasteiger charge is 2.28. The van der Waals surface area contributed by atoms with Crippen LogP contribution in [-0.2, 0) is 4.74 Å². The minimum Gasteiger partial charge on any atom is -0.465 e. The second kappa shape index (κ2) is 6.80. The van der Waals surface area contributed by atoms with E-state index in [9.17, 15) is 4.79 Å². The molecule has 1 unspecified atom stereocenters. The van der Waals surface area contributed by atoms with Crippen molar-refractivity contribution < 1.29 is 9.53 Å². The molecule has 1 saturated heterocycles. The summed E-state index contributed by atoms with van der Waals surface area (Å²) < 4.78 is 4.78. The maximum Gasteiger partial charge on any atom is 0.340 e. The van der Waals surface area contributed by atoms with E-state index in [1.54, 1.807) is 6.07 Å². The Morgan fingerprint density at radius 1 is 1.43 bits per heavy atom. The Hall–Kier alpha value is -1.75. The van der Waals surface area contributed by atoms with Gasteiger partial charge in [0.05, 0.1) is 24.0 Å². The van der Waals surface area contributed by atoms with E-state index < -0.39 is 0 Å². The number of carbonyl (C=O) groups excluding carboxylic acids is 1. The molecule has 1 aromatic rings. The Kier molecular flexibility index (Phi) is 5.07. The van der Waals surface area contributed by atoms with E-state index in [0.29, 0.717) is 17.3 Å². The Morgan fingerprint density at radius 2 is 2.14 bits per heavy atom. The minimum atomic E-state index is -0.381. The van der Waals surface area contributed by atoms with Crippen molar-refractivity contribution in [2.24, 2.45) is 0 Å². The predicted octanol–water partition coefficient (Wildman–Crippen LogP) is 1.98. The van der Waals surface area contributed by atoms with Crippen LogP contribution in [-0.4, -0.2) is 50.2 Å². The van der Waals surface area contributed by atoms with Crippen LogP contribution in [0.2, 0.25) is 0 Å². The van der Waals surface area contributed by atoms with Crippen molar-refractivity contribution in [3.63, 3.8) is 0 Å². The minimum absolute atomic E-state index is 0.381. The average Bonchev–Trinajstić information content (AvgIpc) is 2.97. The largest absolute Gasteiger partial charge is 0.465 e. The molecule has 1 heterocycles. The third kappa shape index (κ3) is 3.13. The molecule has 5 heteroatoms. The van der Waals surface area contributed by atoms with Crippen molar-refractivity contribution in [2.75, 3.05) is 43.9 Å². The lowest BCUT2D eigenvalue weighted by molar-refractivity contribution is 0.0602. The summed E-state index contributed by atoms with van der Waals surface area (Å²) in [6.45, 7) is 8.43. The summed E-state index contributed by atoms with van der Waals surface area (Å²) in [7, 11) is 1.38. The number of methoxy groups -OCH3 is 1. The highest BCUT2D eigenvalue weighted by molar-refractivity contribution is 5.98. The Morgan fingerprint density at radius 3 is 2.76 bits per heavy atom. The molecule has 0 saturated carbocycles. The standard InChI is InChI=1S/C16H25N3O2/c1-4-18(5-2)12-9-10-19(11-12)14-8-6-7-13(15(14)17)16(20)21-3/h6-8,12H,4-5,9-11,17H2,1-3H3. The fourth-order valence-electron chi connectivity index (χ4n) is 3.12. The van der Waals surface area contributed by atoms with Crippen molar-refractivity contribution in [1.29, 1.82) is 0 Å². The summed E-state index contributed by atoms with van der Waals surface area (Å²) in [5.74, 6) is -0.381. The molecule has 1 aliphatic rings. The zero-order valence-electron chi connectivity index (χ0n) is 13.1. The van der Waals surface area contributed by atoms with E-state index in [4.69, 9.17) is 10.5 Å². The maximum absolute atomic E-state index is 11.7. The highest BCUT2D eigenvalue weighted by atomic mass is 16.5. The molecule has 116 valence electrons. The average molecular weight is 291 g/mol. The second-order valence-electron chi connectivity index (χ2n) is 5.34. The molecule has 0 aromatic heterocycles. The fourth-order valence-corrected chi connectivity index (χ4v) is 3.12. The van der Waals surface area contributed by atoms with Crippen LogP contribution in [0.1, 0.15) is 30.6 Å². The highest BCUT2D eigenvalue weighted by Crippen LogP contribution is 2.31. The number of esters is 1. The molecule has 0 spiro atoms. The van der Waals surface area contributed by atoms with Crippen molar-refractivity contribution in [1.82, 2.24) is 4.90 Å². The molecule has 1 atom stereocenters. The summed E-state index contributed by atoms with van der Waals surface area (Å²) in [5.41, 5.74) is 8.07. The van der Waals surface area contributed by atoms with Gasteiger partial charge < -0.3 is 15.4 Å². The zero-order chi connectivity index (χ0) is 15.4. The number of hydrogen-bond acceptors (Lipinski definition) is 5. The molecule has 2 N–H and O–H groups in total. The number of carbonyl (C=O) groups is 1. The fraction of sp³-hybridized carbons (Fsp3) is 0.562. The van der Waals surface area contributed by atoms with E-state index in [1.807, 2.05) is 12.1 Å². The number of nitrogen functional groups attached to an aromatic ring is 1. The van der Waals surface area contributed by atoms with E-state index in [2.05, 4.69) is 23.6 Å². The van der Waals surface area contributed by atoms with Gasteiger partial charge >= 0.3 is 5.97 Å². The predicted molar refractivity (Wildman–Crippen MR) is 85.7 cm³/mol. The summed E-state index contributed by atoms with van der Waals surface area (Å²) in [4.78, 5) is 16.5. The van der Waals surface area contributed by atoms with Crippen LogP contribution in [0.5, 0.6) is 0 Å². The van der Waals surface area contributed by atoms with Crippen LogP contribution in [0.4, 0.5) is 11.4 Å². The van der Waals surface area contributed by atoms with E-state index in [0.717, 1.165) is 38.3 Å². The third-order valence-corrected chi connectivity index (χ3v) is 4.32. The number of nitrogens with two attached hydrogens (primary N) is 1. The van der Waals surface area contributed by atoms with Crippen LogP contribution in [0.3, 0.4) is 0 Å². The monoisotopic (exact) mass is 291 g/mol. The summed E-state index contributed by atoms with van der Waals surface area (Å²) in [6, 6.07) is 6.11. The quantitative estimate of drug-likeness (QED) is 0.664. The van der Waals surface area contributed by atoms with Crippen LogP contribution >= 0.6 is 0 Å². The van der Waals surface area contributed by atoms with Crippen molar-refractivity contribution in [3.05, 3.63) is 23.8 Å². The van der Waals surface area contributed by atoms with E-state index in [1.165, 1.54) is 7.11 Å². The molecule has 0 radical (unpaired) electrons. The Labute approximate surface area is 126 Å². The number of hydrogen-bond donors (Lipinski definition) is 1. The number of nitrogens with zero attached hydrogens (tertiary/aromatic N) is 2. The van der Waals surface area contributed by atoms with Gasteiger partial charge in [-0.3, -0.25) is 4.90 Å². The van der Waals surface area contributed by atoms with E-state index >= 15 is 0 Å². The molecule has 1 aromatic carbocycles. The van der Waals surface area contributed by atoms with Gasteiger partial charge in [0.15, 0.2) is 0 Å². The van der Waals surface area contributed by atoms with Crippen LogP contribution < -0.4 is 10.6 Å². The number of ether oxygens (including phenoxy) is 1. The van der Waals surface area contributed by atoms with Gasteiger partial charge in [0, 0.05) is 19.1 Å². The first-order valence-corrected chi connectivity index (χ1v) is 7.58. The summed E-state index contributed by atoms with van der Waals surface area (Å²) in [6.07, 6.45) is 1.13. The lowest BCUT2D eigenvalue weighted by Gasteiger charge is -2.27. The smallest absolute Gasteiger partial charge is 0.340 e. The molecule has 0 bridgehead atoms. The molecule has 21 heavy (non-hydrogen) atoms. The van der Waals surface area contributed by atoms with Gasteiger partial charge in [0.2, 0.25) is 0 Å². The number of anilines is 2. The number of rotatable bonds is 5. The number of benzene rings is 1. The lowest BCUT2D eigenvalue weighted by Crippen LogP contribution is -2.37. The zero-order valence-corrected chi connectivity index (χ0v) is 13.1. The summed E-state index contributed by atoms with van der Waals surface area (Å²) >= 11 is 0. The molecule has 2 rings (SSSR count). The molecular formula is C16H25N3O2. The topological polar surface area (TPSA) is 58.8 Å². The van der Waals surface area contributed by atoms with Crippen LogP contribution in [0.15, 0.2) is 18.2 Å². The van der Waals surface area contributed by atoms with Gasteiger partial charge in [-0.15, -0.1) is 0 Å². The van der Waals surface area contributed by atoms with Gasteiger partial charge in [-0.05, 0) is 31.6 Å². The Bertz CT molecular complexity index is 500. The first-order chi connectivity index (χ1) is 10.1. The first-order valence-electron chi connectivity index (χ1n) is 7.58. The molecule has 5 nitrogen and oxygen atoms in total. The maximum atomic E-state index is 11.7. The molecule has 0 amide bonds. The number of likely N-dealkylation sites (N-methyl/N-ethyl adjacent to an activating group) is 1. The normalized spacial score (nSPS) is 18.3. The van der Waals surface area contributed by atoms with Crippen molar-refractivity contribution in [2.45, 2.75) is 26.3 Å². The molecule has 1 fully saturated rings. The lowest BCUT2D eigenvalue weighted by atomic mass is 10.1. The third-order valence-electron chi connectivity index (χ3n) is 4.32. The first kappa shape index (κ1) is 15.6. The van der Waals surface area contributed by atoms with Gasteiger partial charge in [-0.1, -0.05) is 19.9 Å². The van der Waals surface area contributed by atoms with Gasteiger partial charge in [0.1, 0.15) is 0 Å². The molecule has 1 aliphatic heterocycles. The van der Waals surface area contributed by atoms with Gasteiger partial charge in [0.25, 0.3) is 0 Å². The molecular weight excluding hydrogens is 266 g/mol. The summed E-state index contributed by atoms with van der Waals surface area (Å²) in [5, 5.41) is 0. The number of para-hydroxylation sites is 1. The van der Waals surface area contributed by atoms with Crippen LogP contribution in [0.25, 0.3) is 0 Å². The van der Waals surface area contributed by atoms with Crippen molar-refractivity contribution >= 4 is 17.3 Å². The molecule has 0 aliphatic carbocycles.